The van der Waals surface area contributed by atoms with E-state index < -0.39 is 11.9 Å². The second-order valence-corrected chi connectivity index (χ2v) is 3.95. The van der Waals surface area contributed by atoms with Gasteiger partial charge in [0.2, 0.25) is 0 Å². The number of hydrogen-bond donors (Lipinski definition) is 0. The van der Waals surface area contributed by atoms with Gasteiger partial charge in [-0.05, 0) is 12.1 Å². The van der Waals surface area contributed by atoms with Crippen LogP contribution >= 0.6 is 23.2 Å². The molecule has 1 fully saturated rings. The van der Waals surface area contributed by atoms with Crippen molar-refractivity contribution in [3.8, 4) is 0 Å². The summed E-state index contributed by atoms with van der Waals surface area (Å²) in [6, 6.07) is 4.90. The molecule has 16 heavy (non-hydrogen) atoms. The fraction of sp³-hybridized carbons (Fsp3) is 0.200. The normalized spacial score (nSPS) is 16.2. The SMILES string of the molecule is O=C1OCCN(c2cccc(Cl)c2Cl)C1=O. The highest BCUT2D eigenvalue weighted by Gasteiger charge is 2.30. The molecule has 0 unspecified atom stereocenters. The van der Waals surface area contributed by atoms with Crippen molar-refractivity contribution in [2.75, 3.05) is 18.1 Å². The third-order valence-corrected chi connectivity index (χ3v) is 3.00. The average Bonchev–Trinajstić information content (AvgIpc) is 2.27. The van der Waals surface area contributed by atoms with Crippen molar-refractivity contribution in [1.29, 1.82) is 0 Å². The summed E-state index contributed by atoms with van der Waals surface area (Å²) in [7, 11) is 0. The number of rotatable bonds is 1. The lowest BCUT2D eigenvalue weighted by Gasteiger charge is -2.26. The molecule has 1 aromatic carbocycles. The predicted molar refractivity (Wildman–Crippen MR) is 59.8 cm³/mol. The van der Waals surface area contributed by atoms with Crippen LogP contribution in [0.4, 0.5) is 5.69 Å². The van der Waals surface area contributed by atoms with Crippen molar-refractivity contribution >= 4 is 40.8 Å². The summed E-state index contributed by atoms with van der Waals surface area (Å²) in [4.78, 5) is 23.9. The van der Waals surface area contributed by atoms with Crippen molar-refractivity contribution in [3.63, 3.8) is 0 Å². The van der Waals surface area contributed by atoms with Crippen LogP contribution in [0.5, 0.6) is 0 Å². The lowest BCUT2D eigenvalue weighted by atomic mass is 10.2. The Morgan fingerprint density at radius 1 is 1.25 bits per heavy atom. The minimum absolute atomic E-state index is 0.160. The van der Waals surface area contributed by atoms with E-state index in [4.69, 9.17) is 23.2 Å². The molecule has 0 saturated carbocycles. The van der Waals surface area contributed by atoms with Gasteiger partial charge in [-0.25, -0.2) is 4.79 Å². The Labute approximate surface area is 102 Å². The molecule has 1 heterocycles. The van der Waals surface area contributed by atoms with Crippen LogP contribution in [0, 0.1) is 0 Å². The van der Waals surface area contributed by atoms with E-state index in [0.717, 1.165) is 0 Å². The third kappa shape index (κ3) is 1.86. The number of nitrogens with zero attached hydrogens (tertiary/aromatic N) is 1. The number of benzene rings is 1. The molecule has 0 spiro atoms. The summed E-state index contributed by atoms with van der Waals surface area (Å²) in [5.74, 6) is -1.60. The number of anilines is 1. The average molecular weight is 260 g/mol. The maximum absolute atomic E-state index is 11.5. The quantitative estimate of drug-likeness (QED) is 0.572. The number of cyclic esters (lactones) is 1. The van der Waals surface area contributed by atoms with Gasteiger partial charge in [-0.1, -0.05) is 29.3 Å². The summed E-state index contributed by atoms with van der Waals surface area (Å²) in [5.41, 5.74) is 0.427. The van der Waals surface area contributed by atoms with E-state index in [2.05, 4.69) is 4.74 Å². The second-order valence-electron chi connectivity index (χ2n) is 3.17. The topological polar surface area (TPSA) is 46.6 Å². The monoisotopic (exact) mass is 259 g/mol. The van der Waals surface area contributed by atoms with Gasteiger partial charge in [-0.15, -0.1) is 0 Å². The molecule has 6 heteroatoms. The van der Waals surface area contributed by atoms with Crippen molar-refractivity contribution in [1.82, 2.24) is 0 Å². The molecular formula is C10H7Cl2NO3. The van der Waals surface area contributed by atoms with Crippen LogP contribution < -0.4 is 4.90 Å². The van der Waals surface area contributed by atoms with E-state index in [1.165, 1.54) is 4.90 Å². The predicted octanol–water partition coefficient (Wildman–Crippen LogP) is 1.88. The Bertz CT molecular complexity index is 461. The van der Waals surface area contributed by atoms with Gasteiger partial charge in [0.25, 0.3) is 0 Å². The summed E-state index contributed by atoms with van der Waals surface area (Å²) in [6.45, 7) is 0.443. The molecule has 4 nitrogen and oxygen atoms in total. The molecule has 1 aliphatic rings. The first-order valence-corrected chi connectivity index (χ1v) is 5.29. The fourth-order valence-corrected chi connectivity index (χ4v) is 1.83. The van der Waals surface area contributed by atoms with Crippen LogP contribution in [-0.2, 0) is 14.3 Å². The lowest BCUT2D eigenvalue weighted by Crippen LogP contribution is -2.45. The first-order valence-electron chi connectivity index (χ1n) is 4.54. The number of morpholine rings is 1. The van der Waals surface area contributed by atoms with Gasteiger partial charge in [-0.3, -0.25) is 9.69 Å². The van der Waals surface area contributed by atoms with Crippen LogP contribution in [-0.4, -0.2) is 25.0 Å². The molecule has 1 aromatic rings. The van der Waals surface area contributed by atoms with Crippen LogP contribution in [0.2, 0.25) is 10.0 Å². The molecular weight excluding hydrogens is 253 g/mol. The van der Waals surface area contributed by atoms with Crippen molar-refractivity contribution in [2.24, 2.45) is 0 Å². The number of carbonyl (C=O) groups is 2. The smallest absolute Gasteiger partial charge is 0.397 e. The van der Waals surface area contributed by atoms with Gasteiger partial charge < -0.3 is 4.74 Å². The third-order valence-electron chi connectivity index (χ3n) is 2.19. The molecule has 0 N–H and O–H groups in total. The molecule has 0 bridgehead atoms. The minimum atomic E-state index is -0.873. The second kappa shape index (κ2) is 4.31. The summed E-state index contributed by atoms with van der Waals surface area (Å²) in [5, 5.41) is 0.595. The Hall–Kier alpha value is -1.26. The molecule has 2 rings (SSSR count). The highest BCUT2D eigenvalue weighted by Crippen LogP contribution is 2.32. The molecule has 84 valence electrons. The first-order chi connectivity index (χ1) is 7.61. The zero-order chi connectivity index (χ0) is 11.7. The van der Waals surface area contributed by atoms with Crippen molar-refractivity contribution < 1.29 is 14.3 Å². The number of carbonyl (C=O) groups excluding carboxylic acids is 2. The molecule has 1 amide bonds. The molecule has 1 saturated heterocycles. The maximum atomic E-state index is 11.5. The van der Waals surface area contributed by atoms with E-state index in [1.807, 2.05) is 0 Å². The Kier molecular flexibility index (Phi) is 3.03. The minimum Gasteiger partial charge on any atom is -0.457 e. The number of amides is 1. The zero-order valence-corrected chi connectivity index (χ0v) is 9.59. The maximum Gasteiger partial charge on any atom is 0.397 e. The standard InChI is InChI=1S/C10H7Cl2NO3/c11-6-2-1-3-7(8(6)12)13-4-5-16-10(15)9(13)14/h1-3H,4-5H2. The summed E-state index contributed by atoms with van der Waals surface area (Å²) < 4.78 is 4.61. The Morgan fingerprint density at radius 3 is 2.75 bits per heavy atom. The lowest BCUT2D eigenvalue weighted by molar-refractivity contribution is -0.156. The fourth-order valence-electron chi connectivity index (χ4n) is 1.43. The van der Waals surface area contributed by atoms with Crippen LogP contribution in [0.15, 0.2) is 18.2 Å². The van der Waals surface area contributed by atoms with Gasteiger partial charge >= 0.3 is 11.9 Å². The molecule has 0 aromatic heterocycles. The van der Waals surface area contributed by atoms with E-state index in [0.29, 0.717) is 10.7 Å². The largest absolute Gasteiger partial charge is 0.457 e. The highest BCUT2D eigenvalue weighted by molar-refractivity contribution is 6.45. The number of halogens is 2. The van der Waals surface area contributed by atoms with Gasteiger partial charge in [-0.2, -0.15) is 0 Å². The van der Waals surface area contributed by atoms with Crippen LogP contribution in [0.25, 0.3) is 0 Å². The van der Waals surface area contributed by atoms with Gasteiger partial charge in [0.15, 0.2) is 0 Å². The van der Waals surface area contributed by atoms with Crippen molar-refractivity contribution in [3.05, 3.63) is 28.2 Å². The number of hydrogen-bond acceptors (Lipinski definition) is 3. The Morgan fingerprint density at radius 2 is 2.00 bits per heavy atom. The molecule has 0 radical (unpaired) electrons. The number of ether oxygens (including phenoxy) is 1. The van der Waals surface area contributed by atoms with E-state index in [-0.39, 0.29) is 18.2 Å². The highest BCUT2D eigenvalue weighted by atomic mass is 35.5. The molecule has 0 atom stereocenters. The Balaban J connectivity index is 2.40. The van der Waals surface area contributed by atoms with E-state index in [9.17, 15) is 9.59 Å². The van der Waals surface area contributed by atoms with Crippen molar-refractivity contribution in [2.45, 2.75) is 0 Å². The molecule has 1 aliphatic heterocycles. The molecule has 0 aliphatic carbocycles. The number of esters is 1. The van der Waals surface area contributed by atoms with Gasteiger partial charge in [0.1, 0.15) is 6.61 Å². The van der Waals surface area contributed by atoms with E-state index in [1.54, 1.807) is 18.2 Å². The summed E-state index contributed by atoms with van der Waals surface area (Å²) in [6.07, 6.45) is 0. The zero-order valence-electron chi connectivity index (χ0n) is 8.07. The van der Waals surface area contributed by atoms with Gasteiger partial charge in [0.05, 0.1) is 22.3 Å². The van der Waals surface area contributed by atoms with Crippen LogP contribution in [0.1, 0.15) is 0 Å². The van der Waals surface area contributed by atoms with Crippen LogP contribution in [0.3, 0.4) is 0 Å². The first kappa shape index (κ1) is 11.2. The van der Waals surface area contributed by atoms with E-state index >= 15 is 0 Å². The summed E-state index contributed by atoms with van der Waals surface area (Å²) >= 11 is 11.8. The van der Waals surface area contributed by atoms with Gasteiger partial charge in [0, 0.05) is 0 Å².